The number of anilines is 1. The van der Waals surface area contributed by atoms with Crippen LogP contribution in [0.5, 0.6) is 10.9 Å². The van der Waals surface area contributed by atoms with Crippen LogP contribution in [0.2, 0.25) is 0 Å². The van der Waals surface area contributed by atoms with Crippen molar-refractivity contribution in [3.8, 4) is 10.9 Å². The van der Waals surface area contributed by atoms with Crippen LogP contribution in [-0.4, -0.2) is 9.36 Å². The molecule has 0 atom stereocenters. The summed E-state index contributed by atoms with van der Waals surface area (Å²) in [5.74, 6) is 2.24. The van der Waals surface area contributed by atoms with Crippen molar-refractivity contribution in [1.29, 1.82) is 0 Å². The van der Waals surface area contributed by atoms with Gasteiger partial charge in [-0.1, -0.05) is 6.07 Å². The summed E-state index contributed by atoms with van der Waals surface area (Å²) < 4.78 is 10.0. The summed E-state index contributed by atoms with van der Waals surface area (Å²) in [5.41, 5.74) is 7.50. The third kappa shape index (κ3) is 2.10. The Morgan fingerprint density at radius 2 is 2.24 bits per heavy atom. The standard InChI is InChI=1S/C12H13N3OS/c1-7-9(13)3-2-4-10(7)16-12-14-11(15-17-12)8-5-6-8/h2-4,8H,5-6,13H2,1H3. The maximum absolute atomic E-state index is 5.83. The van der Waals surface area contributed by atoms with Gasteiger partial charge in [-0.2, -0.15) is 9.36 Å². The number of benzene rings is 1. The lowest BCUT2D eigenvalue weighted by Gasteiger charge is -2.06. The largest absolute Gasteiger partial charge is 0.429 e. The number of nitrogens with zero attached hydrogens (tertiary/aromatic N) is 2. The minimum absolute atomic E-state index is 0.561. The summed E-state index contributed by atoms with van der Waals surface area (Å²) in [6.07, 6.45) is 2.40. The zero-order valence-electron chi connectivity index (χ0n) is 9.51. The first-order chi connectivity index (χ1) is 8.24. The van der Waals surface area contributed by atoms with Gasteiger partial charge in [0.15, 0.2) is 0 Å². The summed E-state index contributed by atoms with van der Waals surface area (Å²) >= 11 is 1.30. The smallest absolute Gasteiger partial charge is 0.298 e. The van der Waals surface area contributed by atoms with E-state index in [1.165, 1.54) is 24.4 Å². The molecule has 0 radical (unpaired) electrons. The number of aromatic nitrogens is 2. The van der Waals surface area contributed by atoms with Gasteiger partial charge in [-0.15, -0.1) is 0 Å². The molecular weight excluding hydrogens is 234 g/mol. The van der Waals surface area contributed by atoms with E-state index in [1.807, 2.05) is 25.1 Å². The van der Waals surface area contributed by atoms with Gasteiger partial charge in [-0.3, -0.25) is 0 Å². The van der Waals surface area contributed by atoms with Crippen molar-refractivity contribution in [3.05, 3.63) is 29.6 Å². The van der Waals surface area contributed by atoms with Gasteiger partial charge < -0.3 is 10.5 Å². The molecule has 1 aromatic heterocycles. The molecule has 0 saturated heterocycles. The lowest BCUT2D eigenvalue weighted by atomic mass is 10.2. The van der Waals surface area contributed by atoms with Gasteiger partial charge in [0.1, 0.15) is 11.6 Å². The summed E-state index contributed by atoms with van der Waals surface area (Å²) in [7, 11) is 0. The number of nitrogen functional groups attached to an aromatic ring is 1. The number of ether oxygens (including phenoxy) is 1. The van der Waals surface area contributed by atoms with Crippen LogP contribution in [0.1, 0.15) is 30.1 Å². The Balaban J connectivity index is 1.83. The van der Waals surface area contributed by atoms with E-state index in [2.05, 4.69) is 9.36 Å². The average molecular weight is 247 g/mol. The molecule has 5 heteroatoms. The second-order valence-electron chi connectivity index (χ2n) is 4.27. The molecule has 0 amide bonds. The first-order valence-corrected chi connectivity index (χ1v) is 6.38. The molecule has 2 aromatic rings. The molecule has 1 aliphatic carbocycles. The fourth-order valence-corrected chi connectivity index (χ4v) is 2.23. The molecule has 17 heavy (non-hydrogen) atoms. The van der Waals surface area contributed by atoms with Crippen LogP contribution in [0.25, 0.3) is 0 Å². The number of hydrogen-bond acceptors (Lipinski definition) is 5. The van der Waals surface area contributed by atoms with Crippen LogP contribution in [0.4, 0.5) is 5.69 Å². The molecule has 1 fully saturated rings. The first kappa shape index (κ1) is 10.5. The van der Waals surface area contributed by atoms with Crippen LogP contribution in [-0.2, 0) is 0 Å². The van der Waals surface area contributed by atoms with Crippen molar-refractivity contribution in [2.75, 3.05) is 5.73 Å². The molecule has 0 bridgehead atoms. The Morgan fingerprint density at radius 1 is 1.41 bits per heavy atom. The molecular formula is C12H13N3OS. The van der Waals surface area contributed by atoms with Crippen LogP contribution in [0.3, 0.4) is 0 Å². The minimum Gasteiger partial charge on any atom is -0.429 e. The molecule has 0 aliphatic heterocycles. The second-order valence-corrected chi connectivity index (χ2v) is 4.98. The highest BCUT2D eigenvalue weighted by atomic mass is 32.1. The van der Waals surface area contributed by atoms with Gasteiger partial charge in [0, 0.05) is 28.7 Å². The first-order valence-electron chi connectivity index (χ1n) is 5.60. The molecule has 3 rings (SSSR count). The molecule has 1 saturated carbocycles. The van der Waals surface area contributed by atoms with Gasteiger partial charge in [-0.05, 0) is 31.9 Å². The van der Waals surface area contributed by atoms with Gasteiger partial charge in [0.25, 0.3) is 5.19 Å². The number of hydrogen-bond donors (Lipinski definition) is 1. The Bertz CT molecular complexity index is 548. The molecule has 1 heterocycles. The predicted molar refractivity (Wildman–Crippen MR) is 67.5 cm³/mol. The Kier molecular flexibility index (Phi) is 2.48. The van der Waals surface area contributed by atoms with Crippen LogP contribution >= 0.6 is 11.5 Å². The maximum atomic E-state index is 5.83. The Morgan fingerprint density at radius 3 is 3.00 bits per heavy atom. The van der Waals surface area contributed by atoms with Gasteiger partial charge in [-0.25, -0.2) is 0 Å². The molecule has 88 valence electrons. The van der Waals surface area contributed by atoms with Crippen LogP contribution in [0.15, 0.2) is 18.2 Å². The van der Waals surface area contributed by atoms with E-state index in [0.717, 1.165) is 22.8 Å². The monoisotopic (exact) mass is 247 g/mol. The van der Waals surface area contributed by atoms with E-state index in [4.69, 9.17) is 10.5 Å². The van der Waals surface area contributed by atoms with E-state index >= 15 is 0 Å². The lowest BCUT2D eigenvalue weighted by molar-refractivity contribution is 0.474. The van der Waals surface area contributed by atoms with Crippen LogP contribution < -0.4 is 10.5 Å². The SMILES string of the molecule is Cc1c(N)cccc1Oc1nc(C2CC2)ns1. The molecule has 1 aliphatic rings. The van der Waals surface area contributed by atoms with Gasteiger partial charge >= 0.3 is 0 Å². The quantitative estimate of drug-likeness (QED) is 0.847. The third-order valence-corrected chi connectivity index (χ3v) is 3.50. The zero-order chi connectivity index (χ0) is 11.8. The number of rotatable bonds is 3. The lowest BCUT2D eigenvalue weighted by Crippen LogP contribution is -1.93. The van der Waals surface area contributed by atoms with Crippen molar-refractivity contribution >= 4 is 17.2 Å². The summed E-state index contributed by atoms with van der Waals surface area (Å²) in [5, 5.41) is 0.598. The van der Waals surface area contributed by atoms with E-state index < -0.39 is 0 Å². The van der Waals surface area contributed by atoms with Crippen molar-refractivity contribution in [2.45, 2.75) is 25.7 Å². The third-order valence-electron chi connectivity index (χ3n) is 2.89. The van der Waals surface area contributed by atoms with Gasteiger partial charge in [0.2, 0.25) is 0 Å². The van der Waals surface area contributed by atoms with Crippen LogP contribution in [0, 0.1) is 6.92 Å². The zero-order valence-corrected chi connectivity index (χ0v) is 10.3. The summed E-state index contributed by atoms with van der Waals surface area (Å²) in [6.45, 7) is 1.94. The maximum Gasteiger partial charge on any atom is 0.298 e. The van der Waals surface area contributed by atoms with Crippen molar-refractivity contribution in [1.82, 2.24) is 9.36 Å². The van der Waals surface area contributed by atoms with E-state index in [1.54, 1.807) is 0 Å². The average Bonchev–Trinajstić information content (AvgIpc) is 3.06. The Labute approximate surface area is 104 Å². The molecule has 0 unspecified atom stereocenters. The Hall–Kier alpha value is -1.62. The summed E-state index contributed by atoms with van der Waals surface area (Å²) in [6, 6.07) is 5.63. The molecule has 1 aromatic carbocycles. The normalized spacial score (nSPS) is 14.9. The van der Waals surface area contributed by atoms with E-state index in [-0.39, 0.29) is 0 Å². The minimum atomic E-state index is 0.561. The molecule has 0 spiro atoms. The van der Waals surface area contributed by atoms with E-state index in [9.17, 15) is 0 Å². The topological polar surface area (TPSA) is 61.0 Å². The van der Waals surface area contributed by atoms with E-state index in [0.29, 0.717) is 11.1 Å². The summed E-state index contributed by atoms with van der Waals surface area (Å²) in [4.78, 5) is 4.38. The van der Waals surface area contributed by atoms with Crippen molar-refractivity contribution < 1.29 is 4.74 Å². The van der Waals surface area contributed by atoms with Crippen molar-refractivity contribution in [3.63, 3.8) is 0 Å². The second kappa shape index (κ2) is 4.00. The highest BCUT2D eigenvalue weighted by Gasteiger charge is 2.28. The van der Waals surface area contributed by atoms with Crippen molar-refractivity contribution in [2.24, 2.45) is 0 Å². The fourth-order valence-electron chi connectivity index (χ4n) is 1.61. The fraction of sp³-hybridized carbons (Fsp3) is 0.333. The highest BCUT2D eigenvalue weighted by Crippen LogP contribution is 2.40. The molecule has 2 N–H and O–H groups in total. The number of nitrogens with two attached hydrogens (primary N) is 1. The molecule has 4 nitrogen and oxygen atoms in total. The predicted octanol–water partition coefficient (Wildman–Crippen LogP) is 3.10. The van der Waals surface area contributed by atoms with Gasteiger partial charge in [0.05, 0.1) is 0 Å². The highest BCUT2D eigenvalue weighted by molar-refractivity contribution is 7.07.